The van der Waals surface area contributed by atoms with Crippen molar-refractivity contribution in [3.8, 4) is 0 Å². The Morgan fingerprint density at radius 2 is 1.95 bits per heavy atom. The normalized spacial score (nSPS) is 13.9. The van der Waals surface area contributed by atoms with Crippen molar-refractivity contribution >= 4 is 0 Å². The number of halogens is 2. The van der Waals surface area contributed by atoms with Gasteiger partial charge in [0.25, 0.3) is 0 Å². The van der Waals surface area contributed by atoms with E-state index in [0.717, 1.165) is 6.07 Å². The zero-order chi connectivity index (χ0) is 14.6. The fourth-order valence-electron chi connectivity index (χ4n) is 1.67. The third-order valence-corrected chi connectivity index (χ3v) is 3.50. The molecule has 0 bridgehead atoms. The minimum atomic E-state index is -1.06. The van der Waals surface area contributed by atoms with Crippen LogP contribution >= 0.6 is 0 Å². The van der Waals surface area contributed by atoms with Crippen molar-refractivity contribution in [3.05, 3.63) is 35.4 Å². The molecule has 0 aromatic heterocycles. The number of aliphatic hydroxyl groups excluding tert-OH is 2. The maximum atomic E-state index is 13.5. The molecule has 0 amide bonds. The van der Waals surface area contributed by atoms with Gasteiger partial charge in [0.05, 0.1) is 12.7 Å². The van der Waals surface area contributed by atoms with E-state index in [1.165, 1.54) is 12.1 Å². The van der Waals surface area contributed by atoms with Crippen LogP contribution in [0.2, 0.25) is 0 Å². The van der Waals surface area contributed by atoms with E-state index in [1.807, 2.05) is 25.8 Å². The second-order valence-corrected chi connectivity index (χ2v) is 5.34. The number of aliphatic hydroxyl groups is 2. The quantitative estimate of drug-likeness (QED) is 0.834. The van der Waals surface area contributed by atoms with E-state index in [2.05, 4.69) is 0 Å². The fourth-order valence-corrected chi connectivity index (χ4v) is 1.67. The van der Waals surface area contributed by atoms with E-state index in [4.69, 9.17) is 0 Å². The van der Waals surface area contributed by atoms with Crippen LogP contribution in [0, 0.1) is 11.6 Å². The molecule has 0 saturated carbocycles. The molecule has 1 unspecified atom stereocenters. The molecule has 0 saturated heterocycles. The number of rotatable bonds is 6. The van der Waals surface area contributed by atoms with Crippen LogP contribution in [0.4, 0.5) is 8.78 Å². The van der Waals surface area contributed by atoms with Crippen molar-refractivity contribution in [2.75, 3.05) is 20.2 Å². The SMILES string of the molecule is CN(CCC(O)c1cccc(F)c1F)C(C)(C)CO. The molecule has 1 atom stereocenters. The highest BCUT2D eigenvalue weighted by Crippen LogP contribution is 2.23. The van der Waals surface area contributed by atoms with Crippen molar-refractivity contribution in [3.63, 3.8) is 0 Å². The van der Waals surface area contributed by atoms with Crippen molar-refractivity contribution in [2.24, 2.45) is 0 Å². The van der Waals surface area contributed by atoms with Gasteiger partial charge in [-0.05, 0) is 33.4 Å². The first-order valence-corrected chi connectivity index (χ1v) is 6.23. The van der Waals surface area contributed by atoms with Gasteiger partial charge in [0.15, 0.2) is 11.6 Å². The Kier molecular flexibility index (Phi) is 5.40. The van der Waals surface area contributed by atoms with Gasteiger partial charge in [0.1, 0.15) is 0 Å². The minimum Gasteiger partial charge on any atom is -0.394 e. The molecule has 108 valence electrons. The van der Waals surface area contributed by atoms with Crippen LogP contribution in [0.5, 0.6) is 0 Å². The number of hydrogen-bond donors (Lipinski definition) is 2. The van der Waals surface area contributed by atoms with Gasteiger partial charge in [0, 0.05) is 17.6 Å². The highest BCUT2D eigenvalue weighted by atomic mass is 19.2. The molecular formula is C14H21F2NO2. The van der Waals surface area contributed by atoms with Crippen LogP contribution in [-0.2, 0) is 0 Å². The van der Waals surface area contributed by atoms with Gasteiger partial charge in [-0.1, -0.05) is 12.1 Å². The summed E-state index contributed by atoms with van der Waals surface area (Å²) in [5.74, 6) is -1.96. The van der Waals surface area contributed by atoms with Gasteiger partial charge >= 0.3 is 0 Å². The summed E-state index contributed by atoms with van der Waals surface area (Å²) < 4.78 is 26.5. The first-order valence-electron chi connectivity index (χ1n) is 6.23. The average molecular weight is 273 g/mol. The summed E-state index contributed by atoms with van der Waals surface area (Å²) >= 11 is 0. The molecule has 0 aliphatic carbocycles. The molecule has 2 N–H and O–H groups in total. The van der Waals surface area contributed by atoms with E-state index in [0.29, 0.717) is 6.54 Å². The highest BCUT2D eigenvalue weighted by molar-refractivity contribution is 5.21. The van der Waals surface area contributed by atoms with Gasteiger partial charge in [-0.3, -0.25) is 4.90 Å². The van der Waals surface area contributed by atoms with Crippen LogP contribution in [0.15, 0.2) is 18.2 Å². The van der Waals surface area contributed by atoms with Crippen molar-refractivity contribution in [1.29, 1.82) is 0 Å². The monoisotopic (exact) mass is 273 g/mol. The average Bonchev–Trinajstić information content (AvgIpc) is 2.38. The molecular weight excluding hydrogens is 252 g/mol. The summed E-state index contributed by atoms with van der Waals surface area (Å²) in [7, 11) is 1.81. The Morgan fingerprint density at radius 3 is 2.53 bits per heavy atom. The minimum absolute atomic E-state index is 0.0199. The maximum absolute atomic E-state index is 13.5. The molecule has 5 heteroatoms. The second-order valence-electron chi connectivity index (χ2n) is 5.34. The number of benzene rings is 1. The lowest BCUT2D eigenvalue weighted by Crippen LogP contribution is -2.44. The Morgan fingerprint density at radius 1 is 1.32 bits per heavy atom. The van der Waals surface area contributed by atoms with E-state index in [9.17, 15) is 19.0 Å². The number of likely N-dealkylation sites (N-methyl/N-ethyl adjacent to an activating group) is 1. The molecule has 0 aliphatic heterocycles. The van der Waals surface area contributed by atoms with Crippen molar-refractivity contribution in [1.82, 2.24) is 4.90 Å². The van der Waals surface area contributed by atoms with Crippen LogP contribution in [-0.4, -0.2) is 40.9 Å². The van der Waals surface area contributed by atoms with Gasteiger partial charge < -0.3 is 10.2 Å². The van der Waals surface area contributed by atoms with Gasteiger partial charge in [-0.2, -0.15) is 0 Å². The molecule has 1 rings (SSSR count). The Bertz CT molecular complexity index is 424. The predicted molar refractivity (Wildman–Crippen MR) is 69.7 cm³/mol. The van der Waals surface area contributed by atoms with Crippen LogP contribution in [0.3, 0.4) is 0 Å². The second kappa shape index (κ2) is 6.41. The maximum Gasteiger partial charge on any atom is 0.164 e. The van der Waals surface area contributed by atoms with Crippen LogP contribution < -0.4 is 0 Å². The lowest BCUT2D eigenvalue weighted by Gasteiger charge is -2.34. The Hall–Kier alpha value is -1.04. The van der Waals surface area contributed by atoms with Crippen LogP contribution in [0.1, 0.15) is 31.9 Å². The Balaban J connectivity index is 2.66. The first kappa shape index (κ1) is 16.0. The zero-order valence-corrected chi connectivity index (χ0v) is 11.5. The molecule has 3 nitrogen and oxygen atoms in total. The lowest BCUT2D eigenvalue weighted by molar-refractivity contribution is 0.0612. The predicted octanol–water partition coefficient (Wildman–Crippen LogP) is 2.09. The van der Waals surface area contributed by atoms with E-state index in [-0.39, 0.29) is 18.6 Å². The molecule has 0 heterocycles. The van der Waals surface area contributed by atoms with Crippen molar-refractivity contribution in [2.45, 2.75) is 31.9 Å². The third kappa shape index (κ3) is 3.96. The Labute approximate surface area is 112 Å². The van der Waals surface area contributed by atoms with Gasteiger partial charge in [-0.25, -0.2) is 8.78 Å². The van der Waals surface area contributed by atoms with E-state index in [1.54, 1.807) is 0 Å². The summed E-state index contributed by atoms with van der Waals surface area (Å²) in [5.41, 5.74) is -0.449. The smallest absolute Gasteiger partial charge is 0.164 e. The molecule has 1 aromatic rings. The van der Waals surface area contributed by atoms with E-state index < -0.39 is 23.3 Å². The molecule has 1 aromatic carbocycles. The zero-order valence-electron chi connectivity index (χ0n) is 11.5. The summed E-state index contributed by atoms with van der Waals surface area (Å²) in [6.45, 7) is 4.17. The summed E-state index contributed by atoms with van der Waals surface area (Å²) in [4.78, 5) is 1.87. The highest BCUT2D eigenvalue weighted by Gasteiger charge is 2.23. The molecule has 0 fully saturated rings. The lowest BCUT2D eigenvalue weighted by atomic mass is 10.0. The fraction of sp³-hybridized carbons (Fsp3) is 0.571. The van der Waals surface area contributed by atoms with Crippen molar-refractivity contribution < 1.29 is 19.0 Å². The third-order valence-electron chi connectivity index (χ3n) is 3.50. The summed E-state index contributed by atoms with van der Waals surface area (Å²) in [5, 5.41) is 19.1. The summed E-state index contributed by atoms with van der Waals surface area (Å²) in [6.07, 6.45) is -0.798. The molecule has 19 heavy (non-hydrogen) atoms. The standard InChI is InChI=1S/C14H21F2NO2/c1-14(2,9-18)17(3)8-7-12(19)10-5-4-6-11(15)13(10)16/h4-6,12,18-19H,7-9H2,1-3H3. The molecule has 0 radical (unpaired) electrons. The molecule has 0 spiro atoms. The van der Waals surface area contributed by atoms with E-state index >= 15 is 0 Å². The topological polar surface area (TPSA) is 43.7 Å². The first-order chi connectivity index (χ1) is 8.79. The summed E-state index contributed by atoms with van der Waals surface area (Å²) in [6, 6.07) is 3.77. The molecule has 0 aliphatic rings. The number of nitrogens with zero attached hydrogens (tertiary/aromatic N) is 1. The van der Waals surface area contributed by atoms with Gasteiger partial charge in [-0.15, -0.1) is 0 Å². The van der Waals surface area contributed by atoms with Gasteiger partial charge in [0.2, 0.25) is 0 Å². The van der Waals surface area contributed by atoms with Crippen LogP contribution in [0.25, 0.3) is 0 Å². The largest absolute Gasteiger partial charge is 0.394 e. The number of hydrogen-bond acceptors (Lipinski definition) is 3.